The van der Waals surface area contributed by atoms with Gasteiger partial charge in [-0.15, -0.1) is 0 Å². The van der Waals surface area contributed by atoms with Gasteiger partial charge in [-0.25, -0.2) is 0 Å². The van der Waals surface area contributed by atoms with E-state index < -0.39 is 17.2 Å². The molecule has 1 atom stereocenters. The normalized spacial score (nSPS) is 19.3. The van der Waals surface area contributed by atoms with E-state index in [0.29, 0.717) is 37.2 Å². The third-order valence-corrected chi connectivity index (χ3v) is 6.76. The molecule has 192 valence electrons. The van der Waals surface area contributed by atoms with Gasteiger partial charge in [-0.2, -0.15) is 0 Å². The van der Waals surface area contributed by atoms with Crippen molar-refractivity contribution in [3.05, 3.63) is 59.9 Å². The Morgan fingerprint density at radius 3 is 2.39 bits per heavy atom. The summed E-state index contributed by atoms with van der Waals surface area (Å²) in [6.07, 6.45) is 2.53. The van der Waals surface area contributed by atoms with E-state index in [2.05, 4.69) is 10.3 Å². The van der Waals surface area contributed by atoms with Gasteiger partial charge >= 0.3 is 0 Å². The second-order valence-corrected chi connectivity index (χ2v) is 10.3. The van der Waals surface area contributed by atoms with E-state index >= 15 is 0 Å². The lowest BCUT2D eigenvalue weighted by Crippen LogP contribution is -2.60. The largest absolute Gasteiger partial charge is 0.497 e. The summed E-state index contributed by atoms with van der Waals surface area (Å²) in [4.78, 5) is 47.6. The van der Waals surface area contributed by atoms with Crippen molar-refractivity contribution in [3.8, 4) is 5.75 Å². The molecule has 2 fully saturated rings. The Morgan fingerprint density at radius 1 is 1.11 bits per heavy atom. The van der Waals surface area contributed by atoms with Crippen molar-refractivity contribution >= 4 is 17.7 Å². The van der Waals surface area contributed by atoms with Crippen molar-refractivity contribution < 1.29 is 23.9 Å². The number of rotatable bonds is 5. The molecule has 3 heterocycles. The van der Waals surface area contributed by atoms with Crippen LogP contribution in [0.5, 0.6) is 5.75 Å². The van der Waals surface area contributed by atoms with Crippen LogP contribution in [-0.2, 0) is 20.9 Å². The van der Waals surface area contributed by atoms with Gasteiger partial charge in [0.25, 0.3) is 5.91 Å². The Bertz CT molecular complexity index is 1090. The number of methoxy groups -OCH3 is 1. The molecule has 1 aromatic heterocycles. The molecule has 0 radical (unpaired) electrons. The van der Waals surface area contributed by atoms with Crippen molar-refractivity contribution in [1.82, 2.24) is 20.1 Å². The summed E-state index contributed by atoms with van der Waals surface area (Å²) in [6, 6.07) is 11.5. The Hall–Kier alpha value is -3.46. The summed E-state index contributed by atoms with van der Waals surface area (Å²) in [5.74, 6) is 0.113. The number of hydrogen-bond acceptors (Lipinski definition) is 6. The first-order valence-electron chi connectivity index (χ1n) is 12.2. The molecular formula is C27H34N4O5. The molecule has 4 rings (SSSR count). The number of carbonyl (C=O) groups excluding carboxylic acids is 3. The van der Waals surface area contributed by atoms with Crippen LogP contribution in [0.1, 0.15) is 49.7 Å². The van der Waals surface area contributed by atoms with Gasteiger partial charge in [-0.1, -0.05) is 26.8 Å². The topological polar surface area (TPSA) is 101 Å². The summed E-state index contributed by atoms with van der Waals surface area (Å²) in [7, 11) is 1.56. The average molecular weight is 495 g/mol. The molecule has 2 aliphatic rings. The molecule has 0 unspecified atom stereocenters. The van der Waals surface area contributed by atoms with Crippen molar-refractivity contribution in [2.24, 2.45) is 5.41 Å². The molecule has 0 aliphatic carbocycles. The minimum absolute atomic E-state index is 0.0630. The number of likely N-dealkylation sites (tertiary alicyclic amines) is 1. The van der Waals surface area contributed by atoms with Crippen LogP contribution in [-0.4, -0.2) is 71.1 Å². The second kappa shape index (κ2) is 10.3. The van der Waals surface area contributed by atoms with Gasteiger partial charge in [-0.3, -0.25) is 24.3 Å². The molecule has 2 saturated heterocycles. The maximum Gasteiger partial charge on any atom is 0.256 e. The molecule has 0 saturated carbocycles. The Labute approximate surface area is 211 Å². The van der Waals surface area contributed by atoms with E-state index in [9.17, 15) is 14.4 Å². The lowest BCUT2D eigenvalue weighted by atomic mass is 9.91. The number of piperidine rings is 1. The number of carbonyl (C=O) groups is 3. The molecule has 36 heavy (non-hydrogen) atoms. The molecule has 1 aromatic carbocycles. The number of benzene rings is 1. The highest BCUT2D eigenvalue weighted by Crippen LogP contribution is 2.39. The first-order chi connectivity index (χ1) is 17.1. The molecule has 1 N–H and O–H groups in total. The predicted molar refractivity (Wildman–Crippen MR) is 133 cm³/mol. The van der Waals surface area contributed by atoms with E-state index in [-0.39, 0.29) is 30.9 Å². The van der Waals surface area contributed by atoms with Crippen LogP contribution in [0.4, 0.5) is 0 Å². The summed E-state index contributed by atoms with van der Waals surface area (Å²) < 4.78 is 11.5. The quantitative estimate of drug-likeness (QED) is 0.686. The standard InChI is InChI=1S/C27H34N4O5/c1-26(2,3)25(34)30-15-12-27(13-16-30)31(24(33)19-8-10-21(35-4)11-9-19)22(18-36-27)23(32)29-17-20-7-5-6-14-28-20/h5-11,14,22H,12-13,15-18H2,1-4H3,(H,29,32)/t22-/m1/s1. The molecule has 9 heteroatoms. The van der Waals surface area contributed by atoms with E-state index in [0.717, 1.165) is 5.69 Å². The summed E-state index contributed by atoms with van der Waals surface area (Å²) in [5, 5.41) is 2.90. The van der Waals surface area contributed by atoms with Gasteiger partial charge < -0.3 is 19.7 Å². The van der Waals surface area contributed by atoms with E-state index in [1.165, 1.54) is 0 Å². The zero-order valence-electron chi connectivity index (χ0n) is 21.3. The fourth-order valence-corrected chi connectivity index (χ4v) is 4.77. The lowest BCUT2D eigenvalue weighted by molar-refractivity contribution is -0.150. The van der Waals surface area contributed by atoms with E-state index in [1.54, 1.807) is 42.5 Å². The maximum atomic E-state index is 13.8. The molecule has 2 aromatic rings. The van der Waals surface area contributed by atoms with Gasteiger partial charge in [0.2, 0.25) is 11.8 Å². The van der Waals surface area contributed by atoms with Crippen LogP contribution in [0, 0.1) is 5.41 Å². The highest BCUT2D eigenvalue weighted by Gasteiger charge is 2.54. The third kappa shape index (κ3) is 5.21. The van der Waals surface area contributed by atoms with Gasteiger partial charge in [0, 0.05) is 43.1 Å². The van der Waals surface area contributed by atoms with Crippen LogP contribution >= 0.6 is 0 Å². The maximum absolute atomic E-state index is 13.8. The molecule has 2 aliphatic heterocycles. The Morgan fingerprint density at radius 2 is 1.81 bits per heavy atom. The highest BCUT2D eigenvalue weighted by molar-refractivity contribution is 5.98. The number of pyridine rings is 1. The van der Waals surface area contributed by atoms with Crippen molar-refractivity contribution in [2.75, 3.05) is 26.8 Å². The van der Waals surface area contributed by atoms with E-state index in [1.807, 2.05) is 43.9 Å². The lowest BCUT2D eigenvalue weighted by Gasteiger charge is -2.45. The fraction of sp³-hybridized carbons (Fsp3) is 0.481. The number of nitrogens with one attached hydrogen (secondary N) is 1. The monoisotopic (exact) mass is 494 g/mol. The Balaban J connectivity index is 1.57. The molecule has 0 bridgehead atoms. The van der Waals surface area contributed by atoms with Crippen LogP contribution in [0.25, 0.3) is 0 Å². The highest BCUT2D eigenvalue weighted by atomic mass is 16.5. The molecule has 9 nitrogen and oxygen atoms in total. The third-order valence-electron chi connectivity index (χ3n) is 6.76. The number of aromatic nitrogens is 1. The first kappa shape index (κ1) is 25.6. The van der Waals surface area contributed by atoms with Crippen LogP contribution in [0.15, 0.2) is 48.7 Å². The van der Waals surface area contributed by atoms with Crippen LogP contribution < -0.4 is 10.1 Å². The minimum Gasteiger partial charge on any atom is -0.497 e. The summed E-state index contributed by atoms with van der Waals surface area (Å²) >= 11 is 0. The Kier molecular flexibility index (Phi) is 7.31. The SMILES string of the molecule is COc1ccc(C(=O)N2[C@@H](C(=O)NCc3ccccn3)COC23CCN(C(=O)C(C)(C)C)CC3)cc1. The summed E-state index contributed by atoms with van der Waals surface area (Å²) in [5.41, 5.74) is -0.287. The fourth-order valence-electron chi connectivity index (χ4n) is 4.77. The first-order valence-corrected chi connectivity index (χ1v) is 12.2. The number of ether oxygens (including phenoxy) is 2. The van der Waals surface area contributed by atoms with Crippen molar-refractivity contribution in [1.29, 1.82) is 0 Å². The zero-order valence-corrected chi connectivity index (χ0v) is 21.3. The predicted octanol–water partition coefficient (Wildman–Crippen LogP) is 2.61. The smallest absolute Gasteiger partial charge is 0.256 e. The van der Waals surface area contributed by atoms with Crippen LogP contribution in [0.3, 0.4) is 0 Å². The number of amides is 3. The number of hydrogen-bond donors (Lipinski definition) is 1. The van der Waals surface area contributed by atoms with E-state index in [4.69, 9.17) is 9.47 Å². The second-order valence-electron chi connectivity index (χ2n) is 10.3. The van der Waals surface area contributed by atoms with Crippen LogP contribution in [0.2, 0.25) is 0 Å². The minimum atomic E-state index is -0.960. The number of nitrogens with zero attached hydrogens (tertiary/aromatic N) is 3. The summed E-state index contributed by atoms with van der Waals surface area (Å²) in [6.45, 7) is 6.92. The zero-order chi connectivity index (χ0) is 25.9. The van der Waals surface area contributed by atoms with Crippen molar-refractivity contribution in [3.63, 3.8) is 0 Å². The van der Waals surface area contributed by atoms with Gasteiger partial charge in [0.15, 0.2) is 0 Å². The van der Waals surface area contributed by atoms with Gasteiger partial charge in [0.05, 0.1) is 26.0 Å². The average Bonchev–Trinajstić information content (AvgIpc) is 3.25. The van der Waals surface area contributed by atoms with Crippen molar-refractivity contribution in [2.45, 2.75) is 51.9 Å². The molecule has 1 spiro atoms. The molecule has 3 amide bonds. The molecular weight excluding hydrogens is 460 g/mol. The van der Waals surface area contributed by atoms with Gasteiger partial charge in [-0.05, 0) is 36.4 Å². The van der Waals surface area contributed by atoms with Gasteiger partial charge in [0.1, 0.15) is 17.5 Å².